The SMILES string of the molecule is CN(C(=O)Nc1ccc(I)cc1)c1ccccc1. The van der Waals surface area contributed by atoms with Gasteiger partial charge < -0.3 is 5.32 Å². The highest BCUT2D eigenvalue weighted by molar-refractivity contribution is 14.1. The van der Waals surface area contributed by atoms with Gasteiger partial charge in [-0.15, -0.1) is 0 Å². The molecular formula is C14H13IN2O. The molecule has 0 aromatic heterocycles. The van der Waals surface area contributed by atoms with Crippen LogP contribution in [0.2, 0.25) is 0 Å². The quantitative estimate of drug-likeness (QED) is 0.816. The number of amides is 2. The lowest BCUT2D eigenvalue weighted by molar-refractivity contribution is 0.258. The molecular weight excluding hydrogens is 339 g/mol. The first-order valence-corrected chi connectivity index (χ1v) is 6.60. The van der Waals surface area contributed by atoms with Crippen molar-refractivity contribution in [3.63, 3.8) is 0 Å². The number of anilines is 2. The second-order valence-corrected chi connectivity index (χ2v) is 5.08. The number of halogens is 1. The summed E-state index contributed by atoms with van der Waals surface area (Å²) < 4.78 is 1.14. The van der Waals surface area contributed by atoms with Gasteiger partial charge >= 0.3 is 6.03 Å². The van der Waals surface area contributed by atoms with Crippen molar-refractivity contribution in [1.29, 1.82) is 0 Å². The Morgan fingerprint density at radius 1 is 1.06 bits per heavy atom. The molecule has 2 rings (SSSR count). The number of nitrogens with one attached hydrogen (secondary N) is 1. The number of para-hydroxylation sites is 1. The molecule has 0 heterocycles. The summed E-state index contributed by atoms with van der Waals surface area (Å²) in [5.74, 6) is 0. The van der Waals surface area contributed by atoms with E-state index >= 15 is 0 Å². The zero-order valence-corrected chi connectivity index (χ0v) is 12.1. The second kappa shape index (κ2) is 5.86. The van der Waals surface area contributed by atoms with Crippen LogP contribution in [0, 0.1) is 3.57 Å². The molecule has 1 N–H and O–H groups in total. The summed E-state index contributed by atoms with van der Waals surface area (Å²) in [4.78, 5) is 13.6. The highest BCUT2D eigenvalue weighted by Crippen LogP contribution is 2.15. The predicted molar refractivity (Wildman–Crippen MR) is 83.0 cm³/mol. The van der Waals surface area contributed by atoms with E-state index in [1.54, 1.807) is 11.9 Å². The maximum Gasteiger partial charge on any atom is 0.326 e. The first kappa shape index (κ1) is 12.9. The fraction of sp³-hybridized carbons (Fsp3) is 0.0714. The predicted octanol–water partition coefficient (Wildman–Crippen LogP) is 3.96. The van der Waals surface area contributed by atoms with Crippen LogP contribution in [-0.2, 0) is 0 Å². The molecule has 0 atom stereocenters. The Morgan fingerprint density at radius 2 is 1.67 bits per heavy atom. The van der Waals surface area contributed by atoms with E-state index in [0.717, 1.165) is 14.9 Å². The van der Waals surface area contributed by atoms with E-state index in [1.165, 1.54) is 0 Å². The number of carbonyl (C=O) groups excluding carboxylic acids is 1. The maximum absolute atomic E-state index is 12.0. The average Bonchev–Trinajstić information content (AvgIpc) is 2.41. The molecule has 2 amide bonds. The van der Waals surface area contributed by atoms with Gasteiger partial charge in [0.2, 0.25) is 0 Å². The molecule has 0 spiro atoms. The molecule has 0 radical (unpaired) electrons. The molecule has 0 fully saturated rings. The van der Waals surface area contributed by atoms with Gasteiger partial charge in [-0.2, -0.15) is 0 Å². The Kier molecular flexibility index (Phi) is 4.19. The van der Waals surface area contributed by atoms with Crippen LogP contribution in [0.25, 0.3) is 0 Å². The number of urea groups is 1. The summed E-state index contributed by atoms with van der Waals surface area (Å²) in [5.41, 5.74) is 1.66. The lowest BCUT2D eigenvalue weighted by Crippen LogP contribution is -2.31. The van der Waals surface area contributed by atoms with Crippen molar-refractivity contribution in [3.8, 4) is 0 Å². The van der Waals surface area contributed by atoms with Crippen molar-refractivity contribution in [2.24, 2.45) is 0 Å². The minimum Gasteiger partial charge on any atom is -0.308 e. The normalized spacial score (nSPS) is 9.89. The van der Waals surface area contributed by atoms with Crippen molar-refractivity contribution in [3.05, 3.63) is 58.2 Å². The molecule has 0 aliphatic heterocycles. The molecule has 0 saturated heterocycles. The van der Waals surface area contributed by atoms with Crippen molar-refractivity contribution < 1.29 is 4.79 Å². The van der Waals surface area contributed by atoms with Crippen LogP contribution >= 0.6 is 22.6 Å². The molecule has 4 heteroatoms. The third kappa shape index (κ3) is 3.22. The Morgan fingerprint density at radius 3 is 2.28 bits per heavy atom. The van der Waals surface area contributed by atoms with Gasteiger partial charge in [0.05, 0.1) is 0 Å². The Labute approximate surface area is 120 Å². The van der Waals surface area contributed by atoms with E-state index in [0.29, 0.717) is 0 Å². The standard InChI is InChI=1S/C14H13IN2O/c1-17(13-5-3-2-4-6-13)14(18)16-12-9-7-11(15)8-10-12/h2-10H,1H3,(H,16,18). The van der Waals surface area contributed by atoms with E-state index in [2.05, 4.69) is 27.9 Å². The fourth-order valence-corrected chi connectivity index (χ4v) is 1.87. The average molecular weight is 352 g/mol. The third-order valence-electron chi connectivity index (χ3n) is 2.54. The minimum absolute atomic E-state index is 0.151. The van der Waals surface area contributed by atoms with Gasteiger partial charge in [0, 0.05) is 22.0 Å². The van der Waals surface area contributed by atoms with E-state index < -0.39 is 0 Å². The molecule has 0 unspecified atom stereocenters. The summed E-state index contributed by atoms with van der Waals surface area (Å²) in [6.07, 6.45) is 0. The lowest BCUT2D eigenvalue weighted by Gasteiger charge is -2.18. The van der Waals surface area contributed by atoms with Crippen molar-refractivity contribution in [1.82, 2.24) is 0 Å². The summed E-state index contributed by atoms with van der Waals surface area (Å²) in [6.45, 7) is 0. The van der Waals surface area contributed by atoms with Gasteiger partial charge in [0.15, 0.2) is 0 Å². The number of nitrogens with zero attached hydrogens (tertiary/aromatic N) is 1. The fourth-order valence-electron chi connectivity index (χ4n) is 1.51. The van der Waals surface area contributed by atoms with Gasteiger partial charge in [-0.1, -0.05) is 18.2 Å². The minimum atomic E-state index is -0.151. The van der Waals surface area contributed by atoms with Crippen LogP contribution in [0.5, 0.6) is 0 Å². The van der Waals surface area contributed by atoms with Crippen LogP contribution < -0.4 is 10.2 Å². The number of rotatable bonds is 2. The van der Waals surface area contributed by atoms with Crippen molar-refractivity contribution >= 4 is 40.0 Å². The lowest BCUT2D eigenvalue weighted by atomic mass is 10.3. The Bertz CT molecular complexity index is 525. The Hall–Kier alpha value is -1.56. The molecule has 3 nitrogen and oxygen atoms in total. The van der Waals surface area contributed by atoms with Gasteiger partial charge in [0.25, 0.3) is 0 Å². The number of carbonyl (C=O) groups is 1. The van der Waals surface area contributed by atoms with E-state index in [-0.39, 0.29) is 6.03 Å². The summed E-state index contributed by atoms with van der Waals surface area (Å²) in [7, 11) is 1.75. The first-order chi connectivity index (χ1) is 8.66. The highest BCUT2D eigenvalue weighted by atomic mass is 127. The molecule has 18 heavy (non-hydrogen) atoms. The number of hydrogen-bond donors (Lipinski definition) is 1. The van der Waals surface area contributed by atoms with E-state index in [1.807, 2.05) is 54.6 Å². The first-order valence-electron chi connectivity index (χ1n) is 5.52. The van der Waals surface area contributed by atoms with E-state index in [4.69, 9.17) is 0 Å². The van der Waals surface area contributed by atoms with Crippen LogP contribution in [0.1, 0.15) is 0 Å². The monoisotopic (exact) mass is 352 g/mol. The van der Waals surface area contributed by atoms with Gasteiger partial charge in [-0.3, -0.25) is 4.90 Å². The van der Waals surface area contributed by atoms with Gasteiger partial charge in [0.1, 0.15) is 0 Å². The molecule has 0 aliphatic carbocycles. The van der Waals surface area contributed by atoms with Crippen molar-refractivity contribution in [2.45, 2.75) is 0 Å². The largest absolute Gasteiger partial charge is 0.326 e. The maximum atomic E-state index is 12.0. The third-order valence-corrected chi connectivity index (χ3v) is 3.26. The molecule has 0 bridgehead atoms. The molecule has 0 saturated carbocycles. The van der Waals surface area contributed by atoms with Crippen LogP contribution in [0.3, 0.4) is 0 Å². The van der Waals surface area contributed by atoms with Crippen LogP contribution in [-0.4, -0.2) is 13.1 Å². The second-order valence-electron chi connectivity index (χ2n) is 3.83. The van der Waals surface area contributed by atoms with Crippen molar-refractivity contribution in [2.75, 3.05) is 17.3 Å². The number of hydrogen-bond acceptors (Lipinski definition) is 1. The summed E-state index contributed by atoms with van der Waals surface area (Å²) in [5, 5.41) is 2.85. The zero-order valence-electron chi connectivity index (χ0n) is 9.93. The molecule has 2 aromatic carbocycles. The van der Waals surface area contributed by atoms with Crippen LogP contribution in [0.15, 0.2) is 54.6 Å². The van der Waals surface area contributed by atoms with Gasteiger partial charge in [-0.05, 0) is 59.0 Å². The molecule has 0 aliphatic rings. The summed E-state index contributed by atoms with van der Waals surface area (Å²) >= 11 is 2.23. The van der Waals surface area contributed by atoms with Gasteiger partial charge in [-0.25, -0.2) is 4.79 Å². The molecule has 2 aromatic rings. The van der Waals surface area contributed by atoms with Crippen LogP contribution in [0.4, 0.5) is 16.2 Å². The highest BCUT2D eigenvalue weighted by Gasteiger charge is 2.09. The summed E-state index contributed by atoms with van der Waals surface area (Å²) in [6, 6.07) is 17.1. The zero-order chi connectivity index (χ0) is 13.0. The number of benzene rings is 2. The topological polar surface area (TPSA) is 32.3 Å². The van der Waals surface area contributed by atoms with E-state index in [9.17, 15) is 4.79 Å². The Balaban J connectivity index is 2.06. The molecule has 92 valence electrons. The smallest absolute Gasteiger partial charge is 0.308 e.